The van der Waals surface area contributed by atoms with Gasteiger partial charge in [-0.15, -0.1) is 0 Å². The predicted molar refractivity (Wildman–Crippen MR) is 214 cm³/mol. The quantitative estimate of drug-likeness (QED) is 0.0263. The van der Waals surface area contributed by atoms with E-state index >= 15 is 0 Å². The van der Waals surface area contributed by atoms with E-state index in [9.17, 15) is 25.4 Å². The summed E-state index contributed by atoms with van der Waals surface area (Å²) in [4.78, 5) is 44.6. The average molecular weight is 871 g/mol. The smallest absolute Gasteiger partial charge is 0.337 e. The van der Waals surface area contributed by atoms with Gasteiger partial charge in [0.2, 0.25) is 0 Å². The van der Waals surface area contributed by atoms with Crippen LogP contribution in [-0.2, 0) is 71.2 Å². The number of hydrogen-bond donors (Lipinski definition) is 0. The molecule has 1 saturated carbocycles. The lowest BCUT2D eigenvalue weighted by Crippen LogP contribution is -2.67. The van der Waals surface area contributed by atoms with Crippen molar-refractivity contribution in [3.8, 4) is 0 Å². The van der Waals surface area contributed by atoms with Crippen LogP contribution in [0.25, 0.3) is 20.9 Å². The van der Waals surface area contributed by atoms with E-state index in [1.165, 1.54) is 21.0 Å². The van der Waals surface area contributed by atoms with E-state index in [0.29, 0.717) is 26.1 Å². The fourth-order valence-electron chi connectivity index (χ4n) is 7.97. The van der Waals surface area contributed by atoms with Gasteiger partial charge < -0.3 is 56.8 Å². The molecule has 346 valence electrons. The lowest BCUT2D eigenvalue weighted by atomic mass is 9.79. The van der Waals surface area contributed by atoms with E-state index < -0.39 is 110 Å². The first-order valence-corrected chi connectivity index (χ1v) is 21.7. The molecule has 4 rings (SSSR count). The summed E-state index contributed by atoms with van der Waals surface area (Å²) in [5.41, 5.74) is 19.4. The molecule has 0 aromatic heterocycles. The Morgan fingerprint density at radius 1 is 0.672 bits per heavy atom. The SMILES string of the molecule is CCCCOC1C(N=[N+]=[N-])[C@@H](O[C@@H]2C(C(=O)OC)O[C@@H](OC3[C@@H](OC(C)=O)[C@H](N=[N+]=[N-])C4OC[C@H]3O4)[C@@H](OCCCC)C2OCCCC)CC(COC(C)=O)[C@H]1OCCCC. The van der Waals surface area contributed by atoms with Crippen molar-refractivity contribution in [2.75, 3.05) is 46.8 Å². The molecule has 0 N–H and O–H groups in total. The molecule has 2 bridgehead atoms. The van der Waals surface area contributed by atoms with Crippen molar-refractivity contribution in [1.82, 2.24) is 0 Å². The van der Waals surface area contributed by atoms with Crippen LogP contribution in [0, 0.1) is 5.92 Å². The van der Waals surface area contributed by atoms with Gasteiger partial charge in [0.15, 0.2) is 18.7 Å². The zero-order valence-corrected chi connectivity index (χ0v) is 36.6. The molecule has 1 aliphatic carbocycles. The van der Waals surface area contributed by atoms with Crippen molar-refractivity contribution in [2.24, 2.45) is 16.1 Å². The van der Waals surface area contributed by atoms with Crippen molar-refractivity contribution in [1.29, 1.82) is 0 Å². The Bertz CT molecular complexity index is 1470. The molecule has 21 nitrogen and oxygen atoms in total. The minimum atomic E-state index is -1.51. The van der Waals surface area contributed by atoms with Gasteiger partial charge >= 0.3 is 17.9 Å². The second-order valence-electron chi connectivity index (χ2n) is 15.6. The van der Waals surface area contributed by atoms with Gasteiger partial charge in [0.25, 0.3) is 0 Å². The highest BCUT2D eigenvalue weighted by Gasteiger charge is 2.59. The summed E-state index contributed by atoms with van der Waals surface area (Å²) in [7, 11) is 1.20. The van der Waals surface area contributed by atoms with Crippen LogP contribution < -0.4 is 0 Å². The van der Waals surface area contributed by atoms with E-state index in [1.807, 2.05) is 27.7 Å². The third-order valence-corrected chi connectivity index (χ3v) is 11.0. The monoisotopic (exact) mass is 870 g/mol. The molecule has 15 atom stereocenters. The number of nitrogens with zero attached hydrogens (tertiary/aromatic N) is 6. The van der Waals surface area contributed by atoms with Crippen LogP contribution in [0.4, 0.5) is 0 Å². The van der Waals surface area contributed by atoms with Gasteiger partial charge in [0.1, 0.15) is 42.7 Å². The highest BCUT2D eigenvalue weighted by Crippen LogP contribution is 2.41. The van der Waals surface area contributed by atoms with Crippen LogP contribution >= 0.6 is 0 Å². The summed E-state index contributed by atoms with van der Waals surface area (Å²) in [6, 6.07) is -2.09. The summed E-state index contributed by atoms with van der Waals surface area (Å²) in [6.07, 6.45) is -6.55. The van der Waals surface area contributed by atoms with E-state index in [2.05, 4.69) is 20.1 Å². The van der Waals surface area contributed by atoms with Crippen LogP contribution in [0.5, 0.6) is 0 Å². The number of rotatable bonds is 26. The van der Waals surface area contributed by atoms with Crippen molar-refractivity contribution in [3.63, 3.8) is 0 Å². The molecule has 4 aliphatic rings. The number of esters is 3. The number of methoxy groups -OCH3 is 1. The number of carbonyl (C=O) groups is 3. The van der Waals surface area contributed by atoms with E-state index in [1.54, 1.807) is 0 Å². The fraction of sp³-hybridized carbons (Fsp3) is 0.925. The highest BCUT2D eigenvalue weighted by molar-refractivity contribution is 5.75. The minimum absolute atomic E-state index is 0.0167. The second kappa shape index (κ2) is 26.3. The topological polar surface area (TPSA) is 259 Å². The molecule has 61 heavy (non-hydrogen) atoms. The molecule has 21 heteroatoms. The number of azide groups is 2. The number of hydrogen-bond acceptors (Lipinski definition) is 17. The highest BCUT2D eigenvalue weighted by atomic mass is 16.8. The minimum Gasteiger partial charge on any atom is -0.467 e. The summed E-state index contributed by atoms with van der Waals surface area (Å²) >= 11 is 0. The van der Waals surface area contributed by atoms with E-state index in [4.69, 9.17) is 56.8 Å². The Morgan fingerprint density at radius 2 is 1.25 bits per heavy atom. The molecular formula is C40H66N6O15. The first-order valence-electron chi connectivity index (χ1n) is 21.7. The Morgan fingerprint density at radius 3 is 1.80 bits per heavy atom. The molecule has 3 heterocycles. The van der Waals surface area contributed by atoms with Gasteiger partial charge in [-0.3, -0.25) is 9.59 Å². The molecule has 7 unspecified atom stereocenters. The summed E-state index contributed by atoms with van der Waals surface area (Å²) < 4.78 is 74.5. The summed E-state index contributed by atoms with van der Waals surface area (Å²) in [5, 5.41) is 8.05. The average Bonchev–Trinajstić information content (AvgIpc) is 3.68. The fourth-order valence-corrected chi connectivity index (χ4v) is 7.97. The lowest BCUT2D eigenvalue weighted by Gasteiger charge is -2.50. The summed E-state index contributed by atoms with van der Waals surface area (Å²) in [5.74, 6) is -2.44. The number of fused-ring (bicyclic) bond motifs is 2. The van der Waals surface area contributed by atoms with Gasteiger partial charge in [-0.05, 0) is 43.2 Å². The Balaban J connectivity index is 1.81. The van der Waals surface area contributed by atoms with Crippen LogP contribution in [0.2, 0.25) is 0 Å². The normalized spacial score (nSPS) is 34.4. The molecule has 3 saturated heterocycles. The van der Waals surface area contributed by atoms with Crippen LogP contribution in [-0.4, -0.2) is 150 Å². The third kappa shape index (κ3) is 13.8. The molecule has 0 aromatic rings. The van der Waals surface area contributed by atoms with Gasteiger partial charge in [0, 0.05) is 56.0 Å². The van der Waals surface area contributed by atoms with Crippen molar-refractivity contribution < 1.29 is 71.2 Å². The molecule has 3 aliphatic heterocycles. The van der Waals surface area contributed by atoms with Crippen molar-refractivity contribution >= 4 is 17.9 Å². The van der Waals surface area contributed by atoms with Gasteiger partial charge in [-0.25, -0.2) is 4.79 Å². The molecule has 0 aromatic carbocycles. The molecule has 0 amide bonds. The maximum absolute atomic E-state index is 13.9. The Labute approximate surface area is 357 Å². The Kier molecular flexibility index (Phi) is 21.7. The van der Waals surface area contributed by atoms with Gasteiger partial charge in [-0.2, -0.15) is 0 Å². The van der Waals surface area contributed by atoms with Crippen molar-refractivity contribution in [3.05, 3.63) is 20.9 Å². The van der Waals surface area contributed by atoms with Gasteiger partial charge in [-0.1, -0.05) is 63.6 Å². The van der Waals surface area contributed by atoms with E-state index in [-0.39, 0.29) is 32.8 Å². The standard InChI is InChI=1S/C40H66N6O15/c1-8-12-16-51-30-25(21-55-23(5)47)20-26(28(43-45-41)32(30)52-17-13-9-2)58-35-34(53-18-14-10-3)37(54-19-15-11-4)40(61-36(35)38(49)50-7)60-31-27-22-56-39(59-27)29(44-46-42)33(31)57-24(6)48/h25-37,39-40H,8-22H2,1-7H3/t25?,26-,27+,28?,29-,30+,31?,32?,33-,34?,35-,36?,37-,39?,40+/m0/s1. The first kappa shape index (κ1) is 50.3. The number of ether oxygens (including phenoxy) is 12. The largest absolute Gasteiger partial charge is 0.467 e. The summed E-state index contributed by atoms with van der Waals surface area (Å²) in [6.45, 7) is 11.8. The number of unbranched alkanes of at least 4 members (excludes halogenated alkanes) is 4. The molecule has 0 radical (unpaired) electrons. The predicted octanol–water partition coefficient (Wildman–Crippen LogP) is 5.39. The zero-order chi connectivity index (χ0) is 44.3. The molecule has 4 fully saturated rings. The van der Waals surface area contributed by atoms with E-state index in [0.717, 1.165) is 38.5 Å². The lowest BCUT2D eigenvalue weighted by molar-refractivity contribution is -0.345. The second-order valence-corrected chi connectivity index (χ2v) is 15.6. The van der Waals surface area contributed by atoms with Gasteiger partial charge in [0.05, 0.1) is 44.7 Å². The van der Waals surface area contributed by atoms with Crippen LogP contribution in [0.3, 0.4) is 0 Å². The Hall–Kier alpha value is -3.33. The first-order chi connectivity index (χ1) is 29.6. The number of carbonyl (C=O) groups excluding carboxylic acids is 3. The third-order valence-electron chi connectivity index (χ3n) is 11.0. The molecular weight excluding hydrogens is 804 g/mol. The maximum Gasteiger partial charge on any atom is 0.337 e. The maximum atomic E-state index is 13.9. The zero-order valence-electron chi connectivity index (χ0n) is 36.6. The van der Waals surface area contributed by atoms with Crippen molar-refractivity contribution in [2.45, 2.75) is 185 Å². The van der Waals surface area contributed by atoms with Crippen LogP contribution in [0.1, 0.15) is 99.3 Å². The van der Waals surface area contributed by atoms with Crippen LogP contribution in [0.15, 0.2) is 10.2 Å². The molecule has 0 spiro atoms.